The number of halogens is 1. The van der Waals surface area contributed by atoms with Crippen LogP contribution in [0.25, 0.3) is 0 Å². The van der Waals surface area contributed by atoms with Gasteiger partial charge in [-0.15, -0.1) is 0 Å². The van der Waals surface area contributed by atoms with Crippen molar-refractivity contribution >= 4 is 39.1 Å². The van der Waals surface area contributed by atoms with Crippen LogP contribution < -0.4 is 15.6 Å². The summed E-state index contributed by atoms with van der Waals surface area (Å²) in [6, 6.07) is 11.7. The van der Waals surface area contributed by atoms with Gasteiger partial charge in [-0.25, -0.2) is 8.42 Å². The van der Waals surface area contributed by atoms with Gasteiger partial charge < -0.3 is 0 Å². The summed E-state index contributed by atoms with van der Waals surface area (Å²) < 4.78 is 27.5. The quantitative estimate of drug-likeness (QED) is 0.675. The molecule has 2 aromatic carbocycles. The number of carbonyl (C=O) groups is 2. The van der Waals surface area contributed by atoms with Crippen molar-refractivity contribution in [3.63, 3.8) is 0 Å². The Kier molecular flexibility index (Phi) is 6.12. The normalized spacial score (nSPS) is 11.6. The first-order chi connectivity index (χ1) is 12.5. The third-order valence-electron chi connectivity index (χ3n) is 3.45. The number of hydrazine groups is 1. The number of rotatable bonds is 4. The molecule has 3 N–H and O–H groups in total. The van der Waals surface area contributed by atoms with Crippen LogP contribution in [0.4, 0.5) is 5.69 Å². The molecule has 0 heterocycles. The van der Waals surface area contributed by atoms with Gasteiger partial charge in [0.1, 0.15) is 0 Å². The molecule has 144 valence electrons. The number of carbonyl (C=O) groups excluding carboxylic acids is 2. The Morgan fingerprint density at radius 2 is 1.63 bits per heavy atom. The van der Waals surface area contributed by atoms with Crippen molar-refractivity contribution in [2.75, 3.05) is 4.72 Å². The zero-order valence-corrected chi connectivity index (χ0v) is 16.6. The number of anilines is 1. The van der Waals surface area contributed by atoms with Gasteiger partial charge in [0, 0.05) is 16.0 Å². The summed E-state index contributed by atoms with van der Waals surface area (Å²) in [6.45, 7) is 5.09. The van der Waals surface area contributed by atoms with E-state index in [-0.39, 0.29) is 16.4 Å². The molecule has 0 saturated carbocycles. The predicted octanol–water partition coefficient (Wildman–Crippen LogP) is 2.95. The first-order valence-corrected chi connectivity index (χ1v) is 9.84. The standard InChI is InChI=1S/C18H20ClN3O4S/c1-18(2,3)17(24)21-20-16(23)12-6-4-9-15(10-12)27(25,26)22-14-8-5-7-13(19)11-14/h4-11,22H,1-3H3,(H,20,23)(H,21,24). The molecule has 9 heteroatoms. The SMILES string of the molecule is CC(C)(C)C(=O)NNC(=O)c1cccc(S(=O)(=O)Nc2cccc(Cl)c2)c1. The van der Waals surface area contributed by atoms with Crippen molar-refractivity contribution in [3.8, 4) is 0 Å². The Morgan fingerprint density at radius 3 is 2.26 bits per heavy atom. The summed E-state index contributed by atoms with van der Waals surface area (Å²) in [5, 5.41) is 0.387. The largest absolute Gasteiger partial charge is 0.280 e. The average Bonchev–Trinajstić information content (AvgIpc) is 2.58. The van der Waals surface area contributed by atoms with Crippen LogP contribution in [-0.2, 0) is 14.8 Å². The number of nitrogens with one attached hydrogen (secondary N) is 3. The summed E-state index contributed by atoms with van der Waals surface area (Å²) in [5.41, 5.74) is 4.28. The molecular weight excluding hydrogens is 390 g/mol. The Labute approximate surface area is 163 Å². The van der Waals surface area contributed by atoms with Crippen LogP contribution >= 0.6 is 11.6 Å². The lowest BCUT2D eigenvalue weighted by atomic mass is 9.96. The first kappa shape index (κ1) is 20.7. The van der Waals surface area contributed by atoms with Crippen molar-refractivity contribution in [2.24, 2.45) is 5.41 Å². The number of hydrogen-bond acceptors (Lipinski definition) is 4. The Hall–Kier alpha value is -2.58. The van der Waals surface area contributed by atoms with Gasteiger partial charge in [0.15, 0.2) is 0 Å². The van der Waals surface area contributed by atoms with Gasteiger partial charge in [-0.05, 0) is 36.4 Å². The fourth-order valence-electron chi connectivity index (χ4n) is 1.94. The van der Waals surface area contributed by atoms with Crippen LogP contribution in [0.2, 0.25) is 5.02 Å². The van der Waals surface area contributed by atoms with Crippen molar-refractivity contribution in [1.29, 1.82) is 0 Å². The molecule has 0 radical (unpaired) electrons. The first-order valence-electron chi connectivity index (χ1n) is 7.98. The lowest BCUT2D eigenvalue weighted by molar-refractivity contribution is -0.129. The molecule has 0 aliphatic rings. The van der Waals surface area contributed by atoms with Crippen LogP contribution in [-0.4, -0.2) is 20.2 Å². The van der Waals surface area contributed by atoms with Crippen LogP contribution in [0.1, 0.15) is 31.1 Å². The van der Waals surface area contributed by atoms with E-state index in [2.05, 4.69) is 15.6 Å². The van der Waals surface area contributed by atoms with E-state index in [1.54, 1.807) is 39.0 Å². The Morgan fingerprint density at radius 1 is 0.963 bits per heavy atom. The highest BCUT2D eigenvalue weighted by atomic mass is 35.5. The highest BCUT2D eigenvalue weighted by Crippen LogP contribution is 2.20. The second-order valence-corrected chi connectivity index (χ2v) is 8.92. The van der Waals surface area contributed by atoms with Gasteiger partial charge in [-0.1, -0.05) is 44.5 Å². The molecule has 2 amide bonds. The van der Waals surface area contributed by atoms with Gasteiger partial charge in [-0.3, -0.25) is 25.2 Å². The molecule has 0 fully saturated rings. The second-order valence-electron chi connectivity index (χ2n) is 6.80. The topological polar surface area (TPSA) is 104 Å². The monoisotopic (exact) mass is 409 g/mol. The molecule has 0 aliphatic heterocycles. The van der Waals surface area contributed by atoms with E-state index in [1.807, 2.05) is 0 Å². The van der Waals surface area contributed by atoms with Gasteiger partial charge in [0.25, 0.3) is 15.9 Å². The smallest absolute Gasteiger partial charge is 0.269 e. The zero-order chi connectivity index (χ0) is 20.2. The second kappa shape index (κ2) is 7.98. The molecule has 0 aromatic heterocycles. The fourth-order valence-corrected chi connectivity index (χ4v) is 3.23. The van der Waals surface area contributed by atoms with Crippen molar-refractivity contribution in [2.45, 2.75) is 25.7 Å². The van der Waals surface area contributed by atoms with E-state index in [1.165, 1.54) is 30.3 Å². The molecule has 2 rings (SSSR count). The van der Waals surface area contributed by atoms with Crippen LogP contribution in [0, 0.1) is 5.41 Å². The molecule has 0 saturated heterocycles. The van der Waals surface area contributed by atoms with Crippen LogP contribution in [0.15, 0.2) is 53.4 Å². The average molecular weight is 410 g/mol. The number of sulfonamides is 1. The number of hydrogen-bond donors (Lipinski definition) is 3. The summed E-state index contributed by atoms with van der Waals surface area (Å²) in [5.74, 6) is -1.00. The molecule has 0 aliphatic carbocycles. The third kappa shape index (κ3) is 5.70. The van der Waals surface area contributed by atoms with Gasteiger partial charge in [0.05, 0.1) is 10.6 Å². The minimum atomic E-state index is -3.92. The minimum Gasteiger partial charge on any atom is -0.280 e. The van der Waals surface area contributed by atoms with E-state index in [0.717, 1.165) is 0 Å². The summed E-state index contributed by atoms with van der Waals surface area (Å²) >= 11 is 5.86. The van der Waals surface area contributed by atoms with E-state index in [9.17, 15) is 18.0 Å². The van der Waals surface area contributed by atoms with Crippen molar-refractivity contribution in [1.82, 2.24) is 10.9 Å². The summed E-state index contributed by atoms with van der Waals surface area (Å²) in [7, 11) is -3.92. The Bertz CT molecular complexity index is 969. The molecule has 0 unspecified atom stereocenters. The van der Waals surface area contributed by atoms with E-state index >= 15 is 0 Å². The maximum atomic E-state index is 12.5. The molecule has 2 aromatic rings. The van der Waals surface area contributed by atoms with E-state index < -0.39 is 21.3 Å². The predicted molar refractivity (Wildman–Crippen MR) is 104 cm³/mol. The fraction of sp³-hybridized carbons (Fsp3) is 0.222. The highest BCUT2D eigenvalue weighted by Gasteiger charge is 2.22. The summed E-state index contributed by atoms with van der Waals surface area (Å²) in [4.78, 5) is 23.9. The maximum Gasteiger partial charge on any atom is 0.269 e. The molecule has 0 bridgehead atoms. The molecule has 0 atom stereocenters. The molecule has 27 heavy (non-hydrogen) atoms. The molecule has 0 spiro atoms. The van der Waals surface area contributed by atoms with Gasteiger partial charge in [0.2, 0.25) is 5.91 Å². The zero-order valence-electron chi connectivity index (χ0n) is 15.0. The Balaban J connectivity index is 2.16. The highest BCUT2D eigenvalue weighted by molar-refractivity contribution is 7.92. The van der Waals surface area contributed by atoms with Gasteiger partial charge >= 0.3 is 0 Å². The number of benzene rings is 2. The van der Waals surface area contributed by atoms with Crippen LogP contribution in [0.3, 0.4) is 0 Å². The van der Waals surface area contributed by atoms with E-state index in [0.29, 0.717) is 10.7 Å². The molecule has 7 nitrogen and oxygen atoms in total. The van der Waals surface area contributed by atoms with Crippen molar-refractivity contribution < 1.29 is 18.0 Å². The minimum absolute atomic E-state index is 0.0816. The van der Waals surface area contributed by atoms with Gasteiger partial charge in [-0.2, -0.15) is 0 Å². The van der Waals surface area contributed by atoms with Crippen molar-refractivity contribution in [3.05, 3.63) is 59.1 Å². The summed E-state index contributed by atoms with van der Waals surface area (Å²) in [6.07, 6.45) is 0. The maximum absolute atomic E-state index is 12.5. The lowest BCUT2D eigenvalue weighted by Crippen LogP contribution is -2.46. The number of amides is 2. The van der Waals surface area contributed by atoms with Crippen LogP contribution in [0.5, 0.6) is 0 Å². The molecular formula is C18H20ClN3O4S. The lowest BCUT2D eigenvalue weighted by Gasteiger charge is -2.18. The van der Waals surface area contributed by atoms with E-state index in [4.69, 9.17) is 11.6 Å². The third-order valence-corrected chi connectivity index (χ3v) is 5.07.